The molecule has 0 saturated heterocycles. The second-order valence-electron chi connectivity index (χ2n) is 3.99. The van der Waals surface area contributed by atoms with Crippen molar-refractivity contribution in [3.63, 3.8) is 0 Å². The standard InChI is InChI=1S/C13H20N2O3S2/c1-2-9-19-10-7-15-20(16,17)11-8-18-13-5-3-12(14)4-6-13/h2-6,15H,1,7-11,14H2. The highest BCUT2D eigenvalue weighted by atomic mass is 32.2. The van der Waals surface area contributed by atoms with E-state index in [2.05, 4.69) is 11.3 Å². The summed E-state index contributed by atoms with van der Waals surface area (Å²) in [5, 5.41) is 0. The van der Waals surface area contributed by atoms with Gasteiger partial charge < -0.3 is 10.5 Å². The number of hydrogen-bond donors (Lipinski definition) is 2. The molecule has 0 aromatic heterocycles. The first-order chi connectivity index (χ1) is 9.53. The zero-order valence-electron chi connectivity index (χ0n) is 11.2. The zero-order valence-corrected chi connectivity index (χ0v) is 12.9. The molecular formula is C13H20N2O3S2. The molecule has 1 aromatic rings. The lowest BCUT2D eigenvalue weighted by atomic mass is 10.3. The third-order valence-electron chi connectivity index (χ3n) is 2.30. The van der Waals surface area contributed by atoms with E-state index < -0.39 is 10.0 Å². The quantitative estimate of drug-likeness (QED) is 0.388. The Morgan fingerprint density at radius 3 is 2.70 bits per heavy atom. The van der Waals surface area contributed by atoms with E-state index in [1.165, 1.54) is 0 Å². The maximum Gasteiger partial charge on any atom is 0.214 e. The lowest BCUT2D eigenvalue weighted by molar-refractivity contribution is 0.340. The number of ether oxygens (including phenoxy) is 1. The summed E-state index contributed by atoms with van der Waals surface area (Å²) in [6, 6.07) is 6.83. The summed E-state index contributed by atoms with van der Waals surface area (Å²) in [7, 11) is -3.29. The predicted molar refractivity (Wildman–Crippen MR) is 85.7 cm³/mol. The molecule has 0 heterocycles. The lowest BCUT2D eigenvalue weighted by Crippen LogP contribution is -2.30. The van der Waals surface area contributed by atoms with Crippen LogP contribution < -0.4 is 15.2 Å². The van der Waals surface area contributed by atoms with Gasteiger partial charge in [0.25, 0.3) is 0 Å². The molecule has 1 aromatic carbocycles. The van der Waals surface area contributed by atoms with Gasteiger partial charge in [0.1, 0.15) is 12.4 Å². The van der Waals surface area contributed by atoms with Crippen molar-refractivity contribution in [2.45, 2.75) is 0 Å². The minimum absolute atomic E-state index is 0.0660. The molecule has 0 bridgehead atoms. The van der Waals surface area contributed by atoms with Gasteiger partial charge in [0, 0.05) is 23.7 Å². The first-order valence-corrected chi connectivity index (χ1v) is 8.98. The Morgan fingerprint density at radius 2 is 2.05 bits per heavy atom. The summed E-state index contributed by atoms with van der Waals surface area (Å²) in [4.78, 5) is 0. The van der Waals surface area contributed by atoms with Gasteiger partial charge in [0.15, 0.2) is 0 Å². The number of nitrogen functional groups attached to an aromatic ring is 1. The van der Waals surface area contributed by atoms with Crippen LogP contribution >= 0.6 is 11.8 Å². The van der Waals surface area contributed by atoms with Gasteiger partial charge in [-0.3, -0.25) is 0 Å². The average Bonchev–Trinajstić information content (AvgIpc) is 2.40. The highest BCUT2D eigenvalue weighted by molar-refractivity contribution is 7.99. The van der Waals surface area contributed by atoms with E-state index in [1.807, 2.05) is 0 Å². The van der Waals surface area contributed by atoms with Crippen LogP contribution in [0.2, 0.25) is 0 Å². The molecular weight excluding hydrogens is 296 g/mol. The highest BCUT2D eigenvalue weighted by Gasteiger charge is 2.09. The summed E-state index contributed by atoms with van der Waals surface area (Å²) in [6.45, 7) is 4.13. The summed E-state index contributed by atoms with van der Waals surface area (Å²) >= 11 is 1.63. The van der Waals surface area contributed by atoms with Crippen molar-refractivity contribution < 1.29 is 13.2 Å². The van der Waals surface area contributed by atoms with Crippen LogP contribution in [0.5, 0.6) is 5.75 Å². The summed E-state index contributed by atoms with van der Waals surface area (Å²) in [5.74, 6) is 2.09. The Balaban J connectivity index is 2.22. The minimum atomic E-state index is -3.29. The molecule has 1 rings (SSSR count). The zero-order chi connectivity index (χ0) is 14.8. The van der Waals surface area contributed by atoms with Crippen molar-refractivity contribution in [3.05, 3.63) is 36.9 Å². The van der Waals surface area contributed by atoms with E-state index >= 15 is 0 Å². The Hall–Kier alpha value is -1.18. The summed E-state index contributed by atoms with van der Waals surface area (Å²) in [5.41, 5.74) is 6.19. The van der Waals surface area contributed by atoms with Crippen molar-refractivity contribution in [2.75, 3.05) is 36.1 Å². The van der Waals surface area contributed by atoms with Crippen LogP contribution in [-0.4, -0.2) is 38.8 Å². The van der Waals surface area contributed by atoms with Gasteiger partial charge in [-0.1, -0.05) is 6.08 Å². The van der Waals surface area contributed by atoms with Crippen LogP contribution in [0.4, 0.5) is 5.69 Å². The van der Waals surface area contributed by atoms with E-state index in [1.54, 1.807) is 42.1 Å². The van der Waals surface area contributed by atoms with E-state index in [-0.39, 0.29) is 12.4 Å². The van der Waals surface area contributed by atoms with Crippen molar-refractivity contribution in [3.8, 4) is 5.75 Å². The van der Waals surface area contributed by atoms with E-state index in [0.29, 0.717) is 18.0 Å². The van der Waals surface area contributed by atoms with Gasteiger partial charge in [-0.15, -0.1) is 6.58 Å². The van der Waals surface area contributed by atoms with Crippen molar-refractivity contribution in [2.24, 2.45) is 0 Å². The number of hydrogen-bond acceptors (Lipinski definition) is 5. The maximum atomic E-state index is 11.7. The van der Waals surface area contributed by atoms with Crippen LogP contribution in [0.3, 0.4) is 0 Å². The molecule has 0 aliphatic carbocycles. The van der Waals surface area contributed by atoms with Crippen LogP contribution in [-0.2, 0) is 10.0 Å². The van der Waals surface area contributed by atoms with E-state index in [9.17, 15) is 8.42 Å². The van der Waals surface area contributed by atoms with Crippen molar-refractivity contribution in [1.29, 1.82) is 0 Å². The molecule has 0 amide bonds. The number of rotatable bonds is 10. The van der Waals surface area contributed by atoms with Gasteiger partial charge in [-0.25, -0.2) is 13.1 Å². The molecule has 0 atom stereocenters. The third-order valence-corrected chi connectivity index (χ3v) is 4.62. The fraction of sp³-hybridized carbons (Fsp3) is 0.385. The number of anilines is 1. The van der Waals surface area contributed by atoms with Gasteiger partial charge >= 0.3 is 0 Å². The second-order valence-corrected chi connectivity index (χ2v) is 7.07. The fourth-order valence-corrected chi connectivity index (χ4v) is 2.91. The number of sulfonamides is 1. The second kappa shape index (κ2) is 8.89. The number of thioether (sulfide) groups is 1. The Kier molecular flexibility index (Phi) is 7.50. The molecule has 0 radical (unpaired) electrons. The van der Waals surface area contributed by atoms with Crippen LogP contribution in [0.15, 0.2) is 36.9 Å². The number of nitrogens with two attached hydrogens (primary N) is 1. The first kappa shape index (κ1) is 16.9. The molecule has 0 aliphatic rings. The van der Waals surface area contributed by atoms with E-state index in [4.69, 9.17) is 10.5 Å². The topological polar surface area (TPSA) is 81.4 Å². The molecule has 0 fully saturated rings. The lowest BCUT2D eigenvalue weighted by Gasteiger charge is -2.08. The van der Waals surface area contributed by atoms with Gasteiger partial charge in [0.05, 0.1) is 5.75 Å². The third kappa shape index (κ3) is 7.42. The molecule has 0 spiro atoms. The Bertz CT molecular complexity index is 501. The molecule has 0 unspecified atom stereocenters. The predicted octanol–water partition coefficient (Wildman–Crippen LogP) is 1.49. The first-order valence-electron chi connectivity index (χ1n) is 6.18. The molecule has 3 N–H and O–H groups in total. The largest absolute Gasteiger partial charge is 0.492 e. The maximum absolute atomic E-state index is 11.7. The fourth-order valence-electron chi connectivity index (χ4n) is 1.34. The molecule has 7 heteroatoms. The molecule has 20 heavy (non-hydrogen) atoms. The Labute approximate surface area is 124 Å². The normalized spacial score (nSPS) is 11.2. The van der Waals surface area contributed by atoms with Gasteiger partial charge in [0.2, 0.25) is 10.0 Å². The molecule has 0 saturated carbocycles. The SMILES string of the molecule is C=CCSCCNS(=O)(=O)CCOc1ccc(N)cc1. The Morgan fingerprint density at radius 1 is 1.35 bits per heavy atom. The molecule has 5 nitrogen and oxygen atoms in total. The van der Waals surface area contributed by atoms with Crippen LogP contribution in [0.25, 0.3) is 0 Å². The number of nitrogens with one attached hydrogen (secondary N) is 1. The molecule has 0 aliphatic heterocycles. The van der Waals surface area contributed by atoms with Gasteiger partial charge in [-0.05, 0) is 24.3 Å². The highest BCUT2D eigenvalue weighted by Crippen LogP contribution is 2.12. The van der Waals surface area contributed by atoms with Crippen LogP contribution in [0.1, 0.15) is 0 Å². The molecule has 112 valence electrons. The summed E-state index contributed by atoms with van der Waals surface area (Å²) < 4.78 is 31.2. The number of benzene rings is 1. The average molecular weight is 316 g/mol. The van der Waals surface area contributed by atoms with Crippen molar-refractivity contribution in [1.82, 2.24) is 4.72 Å². The van der Waals surface area contributed by atoms with E-state index in [0.717, 1.165) is 11.5 Å². The van der Waals surface area contributed by atoms with Gasteiger partial charge in [-0.2, -0.15) is 11.8 Å². The monoisotopic (exact) mass is 316 g/mol. The smallest absolute Gasteiger partial charge is 0.214 e. The van der Waals surface area contributed by atoms with Crippen molar-refractivity contribution >= 4 is 27.5 Å². The minimum Gasteiger partial charge on any atom is -0.492 e. The summed E-state index contributed by atoms with van der Waals surface area (Å²) in [6.07, 6.45) is 1.79. The van der Waals surface area contributed by atoms with Crippen LogP contribution in [0, 0.1) is 0 Å².